The fourth-order valence-corrected chi connectivity index (χ4v) is 6.32. The third kappa shape index (κ3) is 32.8. The summed E-state index contributed by atoms with van der Waals surface area (Å²) in [5.41, 5.74) is 0. The summed E-state index contributed by atoms with van der Waals surface area (Å²) in [5, 5.41) is 0. The van der Waals surface area contributed by atoms with E-state index in [0.29, 0.717) is 13.2 Å². The molecule has 0 aliphatic rings. The molecule has 1 unspecified atom stereocenters. The quantitative estimate of drug-likeness (QED) is 0.0577. The van der Waals surface area contributed by atoms with Crippen molar-refractivity contribution in [1.29, 1.82) is 0 Å². The lowest BCUT2D eigenvalue weighted by Gasteiger charge is -2.22. The summed E-state index contributed by atoms with van der Waals surface area (Å²) in [6.45, 7) is 11.1. The molecule has 0 aromatic carbocycles. The Morgan fingerprint density at radius 1 is 0.415 bits per heavy atom. The molecular formula is C35H74NO4P. The Bertz CT molecular complexity index is 526. The maximum Gasteiger partial charge on any atom is 0.472 e. The molecule has 0 rings (SSSR count). The van der Waals surface area contributed by atoms with Gasteiger partial charge in [-0.1, -0.05) is 162 Å². The zero-order valence-electron chi connectivity index (χ0n) is 28.2. The lowest BCUT2D eigenvalue weighted by Crippen LogP contribution is -2.27. The molecule has 0 spiro atoms. The van der Waals surface area contributed by atoms with Crippen LogP contribution in [0.25, 0.3) is 0 Å². The monoisotopic (exact) mass is 604 g/mol. The summed E-state index contributed by atoms with van der Waals surface area (Å²) in [5.74, 6) is 0. The first-order valence-corrected chi connectivity index (χ1v) is 19.9. The van der Waals surface area contributed by atoms with Gasteiger partial charge in [-0.2, -0.15) is 0 Å². The van der Waals surface area contributed by atoms with E-state index in [-0.39, 0.29) is 0 Å². The van der Waals surface area contributed by atoms with Gasteiger partial charge in [0.1, 0.15) is 0 Å². The van der Waals surface area contributed by atoms with Crippen LogP contribution >= 0.6 is 7.82 Å². The zero-order chi connectivity index (χ0) is 30.1. The molecule has 41 heavy (non-hydrogen) atoms. The number of rotatable bonds is 35. The topological polar surface area (TPSA) is 59.0 Å². The van der Waals surface area contributed by atoms with Crippen LogP contribution in [0.3, 0.4) is 0 Å². The lowest BCUT2D eigenvalue weighted by atomic mass is 10.1. The van der Waals surface area contributed by atoms with Crippen LogP contribution in [0.15, 0.2) is 0 Å². The van der Waals surface area contributed by atoms with Gasteiger partial charge >= 0.3 is 7.82 Å². The molecule has 0 aromatic heterocycles. The number of phosphoric acid groups is 1. The molecular weight excluding hydrogens is 529 g/mol. The van der Waals surface area contributed by atoms with Crippen LogP contribution in [0, 0.1) is 0 Å². The molecule has 0 bridgehead atoms. The number of phosphoric ester groups is 1. The molecule has 0 fully saturated rings. The highest BCUT2D eigenvalue weighted by atomic mass is 31.2. The Labute approximate surface area is 257 Å². The Hall–Kier alpha value is 0.0700. The predicted octanol–water partition coefficient (Wildman–Crippen LogP) is 12.0. The van der Waals surface area contributed by atoms with Crippen molar-refractivity contribution in [2.24, 2.45) is 0 Å². The molecule has 248 valence electrons. The molecule has 1 atom stereocenters. The van der Waals surface area contributed by atoms with Gasteiger partial charge in [0, 0.05) is 0 Å². The van der Waals surface area contributed by atoms with Crippen LogP contribution in [0.4, 0.5) is 0 Å². The molecule has 0 saturated carbocycles. The van der Waals surface area contributed by atoms with E-state index in [1.165, 1.54) is 154 Å². The molecule has 6 heteroatoms. The van der Waals surface area contributed by atoms with Crippen molar-refractivity contribution < 1.29 is 18.5 Å². The molecule has 0 aliphatic heterocycles. The van der Waals surface area contributed by atoms with Gasteiger partial charge in [0.05, 0.1) is 13.2 Å². The number of hydrogen-bond acceptors (Lipinski definition) is 4. The molecule has 0 aliphatic carbocycles. The summed E-state index contributed by atoms with van der Waals surface area (Å²) >= 11 is 0. The van der Waals surface area contributed by atoms with Crippen molar-refractivity contribution in [3.63, 3.8) is 0 Å². The largest absolute Gasteiger partial charge is 0.472 e. The van der Waals surface area contributed by atoms with Gasteiger partial charge in [-0.05, 0) is 51.7 Å². The summed E-state index contributed by atoms with van der Waals surface area (Å²) in [6, 6.07) is 0. The van der Waals surface area contributed by atoms with Crippen LogP contribution in [0.5, 0.6) is 0 Å². The van der Waals surface area contributed by atoms with E-state index in [2.05, 4.69) is 25.7 Å². The lowest BCUT2D eigenvalue weighted by molar-refractivity contribution is 0.145. The van der Waals surface area contributed by atoms with Crippen molar-refractivity contribution in [3.8, 4) is 0 Å². The molecule has 0 saturated heterocycles. The van der Waals surface area contributed by atoms with Gasteiger partial charge in [0.2, 0.25) is 0 Å². The van der Waals surface area contributed by atoms with E-state index >= 15 is 0 Å². The predicted molar refractivity (Wildman–Crippen MR) is 180 cm³/mol. The van der Waals surface area contributed by atoms with Crippen LogP contribution in [0.1, 0.15) is 194 Å². The summed E-state index contributed by atoms with van der Waals surface area (Å²) in [4.78, 5) is 12.6. The first-order valence-electron chi connectivity index (χ1n) is 18.4. The van der Waals surface area contributed by atoms with Gasteiger partial charge in [-0.25, -0.2) is 4.57 Å². The Morgan fingerprint density at radius 3 is 0.951 bits per heavy atom. The first kappa shape index (κ1) is 41.1. The van der Waals surface area contributed by atoms with Crippen LogP contribution in [-0.2, 0) is 13.6 Å². The highest BCUT2D eigenvalue weighted by Crippen LogP contribution is 2.43. The SMILES string of the molecule is CCCCCCCCCCCN(CCCCCCCCCCC)CCCCCCOP(=O)(O)OCCCCCCC. The Morgan fingerprint density at radius 2 is 0.659 bits per heavy atom. The van der Waals surface area contributed by atoms with E-state index in [4.69, 9.17) is 9.05 Å². The van der Waals surface area contributed by atoms with Crippen molar-refractivity contribution in [2.45, 2.75) is 194 Å². The minimum atomic E-state index is -3.88. The molecule has 0 heterocycles. The van der Waals surface area contributed by atoms with E-state index in [0.717, 1.165) is 38.5 Å². The molecule has 0 aromatic rings. The van der Waals surface area contributed by atoms with Crippen LogP contribution in [-0.4, -0.2) is 42.6 Å². The number of nitrogens with zero attached hydrogens (tertiary/aromatic N) is 1. The first-order chi connectivity index (χ1) is 20.1. The molecule has 0 amide bonds. The van der Waals surface area contributed by atoms with Gasteiger partial charge in [-0.15, -0.1) is 0 Å². The average molecular weight is 604 g/mol. The summed E-state index contributed by atoms with van der Waals surface area (Å²) in [7, 11) is -3.88. The zero-order valence-corrected chi connectivity index (χ0v) is 29.1. The minimum Gasteiger partial charge on any atom is -0.303 e. The third-order valence-electron chi connectivity index (χ3n) is 8.28. The van der Waals surface area contributed by atoms with Crippen LogP contribution < -0.4 is 0 Å². The van der Waals surface area contributed by atoms with Gasteiger partial charge in [-0.3, -0.25) is 9.05 Å². The molecule has 5 nitrogen and oxygen atoms in total. The average Bonchev–Trinajstić information content (AvgIpc) is 2.96. The Kier molecular flexibility index (Phi) is 33.0. The number of unbranched alkanes of at least 4 members (excludes halogenated alkanes) is 23. The minimum absolute atomic E-state index is 0.310. The fraction of sp³-hybridized carbons (Fsp3) is 1.00. The second-order valence-corrected chi connectivity index (χ2v) is 13.9. The highest BCUT2D eigenvalue weighted by Gasteiger charge is 2.20. The molecule has 1 N–H and O–H groups in total. The van der Waals surface area contributed by atoms with Gasteiger partial charge in [0.25, 0.3) is 0 Å². The normalized spacial score (nSPS) is 13.3. The summed E-state index contributed by atoms with van der Waals surface area (Å²) < 4.78 is 22.3. The maximum absolute atomic E-state index is 12.0. The van der Waals surface area contributed by atoms with E-state index in [1.807, 2.05) is 0 Å². The van der Waals surface area contributed by atoms with Gasteiger partial charge < -0.3 is 9.79 Å². The van der Waals surface area contributed by atoms with Crippen molar-refractivity contribution in [3.05, 3.63) is 0 Å². The van der Waals surface area contributed by atoms with Crippen LogP contribution in [0.2, 0.25) is 0 Å². The Balaban J connectivity index is 4.03. The van der Waals surface area contributed by atoms with Gasteiger partial charge in [0.15, 0.2) is 0 Å². The standard InChI is InChI=1S/C35H74NO4P/c1-4-7-10-13-15-17-19-21-26-31-36(32-27-22-20-18-16-14-11-8-5-2)33-28-23-25-30-35-40-41(37,38)39-34-29-24-12-9-6-3/h4-35H2,1-3H3,(H,37,38). The maximum atomic E-state index is 12.0. The highest BCUT2D eigenvalue weighted by molar-refractivity contribution is 7.47. The molecule has 0 radical (unpaired) electrons. The van der Waals surface area contributed by atoms with E-state index in [9.17, 15) is 9.46 Å². The summed E-state index contributed by atoms with van der Waals surface area (Å²) in [6.07, 6.45) is 34.7. The van der Waals surface area contributed by atoms with E-state index in [1.54, 1.807) is 0 Å². The number of hydrogen-bond donors (Lipinski definition) is 1. The fourth-order valence-electron chi connectivity index (χ4n) is 5.52. The van der Waals surface area contributed by atoms with Crippen molar-refractivity contribution in [1.82, 2.24) is 4.90 Å². The second kappa shape index (κ2) is 33.0. The second-order valence-electron chi connectivity index (χ2n) is 12.5. The van der Waals surface area contributed by atoms with Crippen molar-refractivity contribution in [2.75, 3.05) is 32.8 Å². The smallest absolute Gasteiger partial charge is 0.303 e. The van der Waals surface area contributed by atoms with Crippen molar-refractivity contribution >= 4 is 7.82 Å². The van der Waals surface area contributed by atoms with E-state index < -0.39 is 7.82 Å². The third-order valence-corrected chi connectivity index (χ3v) is 9.30.